The van der Waals surface area contributed by atoms with Gasteiger partial charge in [-0.3, -0.25) is 9.59 Å². The minimum Gasteiger partial charge on any atom is -0.497 e. The summed E-state index contributed by atoms with van der Waals surface area (Å²) in [6, 6.07) is 3.66. The molecule has 0 radical (unpaired) electrons. The Morgan fingerprint density at radius 1 is 1.06 bits per heavy atom. The van der Waals surface area contributed by atoms with E-state index < -0.39 is 75.1 Å². The van der Waals surface area contributed by atoms with E-state index in [2.05, 4.69) is 21.3 Å². The van der Waals surface area contributed by atoms with Crippen LogP contribution in [-0.2, 0) is 24.6 Å². The number of methoxy groups -OCH3 is 1. The fourth-order valence-corrected chi connectivity index (χ4v) is 11.6. The number of anilines is 1. The van der Waals surface area contributed by atoms with Crippen molar-refractivity contribution < 1.29 is 42.2 Å². The van der Waals surface area contributed by atoms with Gasteiger partial charge in [-0.25, -0.2) is 19.6 Å². The van der Waals surface area contributed by atoms with Crippen molar-refractivity contribution in [2.24, 2.45) is 11.3 Å². The average molecular weight is 952 g/mol. The molecule has 1 aliphatic carbocycles. The normalized spacial score (nSPS) is 26.2. The number of hydrogen-bond donors (Lipinski definition) is 5. The number of ether oxygens (including phenoxy) is 2. The molecule has 2 aromatic heterocycles. The number of aromatic nitrogens is 2. The van der Waals surface area contributed by atoms with E-state index >= 15 is 0 Å². The van der Waals surface area contributed by atoms with E-state index in [1.54, 1.807) is 25.3 Å². The van der Waals surface area contributed by atoms with E-state index in [9.17, 15) is 32.7 Å². The summed E-state index contributed by atoms with van der Waals surface area (Å²) in [5, 5.41) is 25.7. The second-order valence-electron chi connectivity index (χ2n) is 19.5. The van der Waals surface area contributed by atoms with E-state index in [4.69, 9.17) is 19.4 Å². The smallest absolute Gasteiger partial charge is 0.330 e. The summed E-state index contributed by atoms with van der Waals surface area (Å²) in [6.07, 6.45) is 6.37. The van der Waals surface area contributed by atoms with Crippen molar-refractivity contribution in [1.29, 1.82) is 0 Å². The maximum absolute atomic E-state index is 15.0. The van der Waals surface area contributed by atoms with Gasteiger partial charge in [0.1, 0.15) is 40.9 Å². The number of carboxylic acids is 1. The molecule has 5 N–H and O–H groups in total. The number of urea groups is 1. The fraction of sp³-hybridized carbons (Fsp3) is 0.609. The largest absolute Gasteiger partial charge is 0.497 e. The van der Waals surface area contributed by atoms with Crippen molar-refractivity contribution in [2.75, 3.05) is 38.6 Å². The molecule has 66 heavy (non-hydrogen) atoms. The highest BCUT2D eigenvalue weighted by Crippen LogP contribution is 2.46. The molecule has 0 spiro atoms. The number of rotatable bonds is 12. The van der Waals surface area contributed by atoms with Gasteiger partial charge in [-0.1, -0.05) is 45.8 Å². The Morgan fingerprint density at radius 2 is 1.83 bits per heavy atom. The van der Waals surface area contributed by atoms with Crippen molar-refractivity contribution in [3.8, 4) is 22.9 Å². The number of carbonyl (C=O) groups excluding carboxylic acids is 3. The number of carboxylic acid groups (broad SMARTS) is 1. The number of amides is 4. The Morgan fingerprint density at radius 3 is 2.52 bits per heavy atom. The summed E-state index contributed by atoms with van der Waals surface area (Å²) >= 11 is 1.45. The number of fused-ring (bicyclic) bond motifs is 3. The van der Waals surface area contributed by atoms with Gasteiger partial charge in [0.05, 0.1) is 24.9 Å². The highest BCUT2D eigenvalue weighted by Gasteiger charge is 2.61. The molecule has 20 heteroatoms. The molecule has 4 aliphatic rings. The number of nitrogens with zero attached hydrogens (tertiary/aromatic N) is 5. The van der Waals surface area contributed by atoms with E-state index in [0.29, 0.717) is 53.2 Å². The van der Waals surface area contributed by atoms with Crippen LogP contribution in [0.25, 0.3) is 22.3 Å². The molecule has 360 valence electrons. The highest BCUT2D eigenvalue weighted by atomic mass is 32.2. The van der Waals surface area contributed by atoms with Crippen LogP contribution in [0.5, 0.6) is 11.5 Å². The molecule has 3 fully saturated rings. The summed E-state index contributed by atoms with van der Waals surface area (Å²) < 4.78 is 42.0. The molecule has 5 heterocycles. The number of aliphatic carboxylic acids is 1. The zero-order valence-corrected chi connectivity index (χ0v) is 40.8. The van der Waals surface area contributed by atoms with E-state index in [-0.39, 0.29) is 51.0 Å². The first-order chi connectivity index (χ1) is 31.2. The van der Waals surface area contributed by atoms with Gasteiger partial charge in [-0.15, -0.1) is 11.3 Å². The second kappa shape index (κ2) is 19.7. The number of carbonyl (C=O) groups is 4. The summed E-state index contributed by atoms with van der Waals surface area (Å²) in [4.78, 5) is 67.3. The molecule has 1 saturated carbocycles. The van der Waals surface area contributed by atoms with Crippen LogP contribution >= 0.6 is 11.3 Å². The van der Waals surface area contributed by atoms with Crippen molar-refractivity contribution >= 4 is 61.4 Å². The van der Waals surface area contributed by atoms with Crippen LogP contribution in [0.4, 0.5) is 9.93 Å². The minimum absolute atomic E-state index is 0.0327. The van der Waals surface area contributed by atoms with Crippen molar-refractivity contribution in [3.05, 3.63) is 41.8 Å². The zero-order valence-electron chi connectivity index (χ0n) is 39.1. The lowest BCUT2D eigenvalue weighted by Crippen LogP contribution is -2.59. The molecule has 3 aliphatic heterocycles. The third kappa shape index (κ3) is 10.7. The molecule has 6 atom stereocenters. The van der Waals surface area contributed by atoms with Crippen molar-refractivity contribution in [2.45, 2.75) is 135 Å². The first kappa shape index (κ1) is 48.9. The van der Waals surface area contributed by atoms with Gasteiger partial charge >= 0.3 is 12.0 Å². The Labute approximate surface area is 391 Å². The Hall–Kier alpha value is -5.05. The monoisotopic (exact) mass is 951 g/mol. The van der Waals surface area contributed by atoms with Gasteiger partial charge in [-0.05, 0) is 70.9 Å². The number of pyridine rings is 1. The van der Waals surface area contributed by atoms with Crippen LogP contribution < -0.4 is 30.7 Å². The molecule has 18 nitrogen and oxygen atoms in total. The molecule has 2 saturated heterocycles. The fourth-order valence-electron chi connectivity index (χ4n) is 8.96. The van der Waals surface area contributed by atoms with E-state index in [0.717, 1.165) is 18.0 Å². The molecular weight excluding hydrogens is 887 g/mol. The number of benzene rings is 1. The van der Waals surface area contributed by atoms with Crippen LogP contribution in [0.2, 0.25) is 0 Å². The van der Waals surface area contributed by atoms with Crippen molar-refractivity contribution in [3.63, 3.8) is 0 Å². The summed E-state index contributed by atoms with van der Waals surface area (Å²) in [5.74, 6) is -1.66. The maximum atomic E-state index is 15.0. The van der Waals surface area contributed by atoms with Crippen LogP contribution in [0.15, 0.2) is 41.8 Å². The van der Waals surface area contributed by atoms with Gasteiger partial charge in [0.25, 0.3) is 10.2 Å². The molecule has 2 unspecified atom stereocenters. The summed E-state index contributed by atoms with van der Waals surface area (Å²) in [6.45, 7) is 14.1. The standard InChI is InChI=1S/C46H65N9O9S2/c1-27(2)47-44-50-36(26-65-44)35-22-38(32-17-16-30(63-8)20-34(32)48-35)64-31-21-37-40(56)52-46(42(58)59)23-29(46)14-12-10-9-11-13-15-33(41(57)54(37)24-31)49-43(60)51-39(45(5,6)7)25-53-18-19-55(28(3)4)66(53,61)62/h12,14,16-17,20,22,26-29,31,33,37,39H,9-11,13,15,18-19,21,23-25H2,1-8H3,(H,47,50)(H,52,56)(H,58,59)(H2,49,51,60)/b14-12-/t29?,31-,33+,37+,39?,46-/m1/s1. The predicted molar refractivity (Wildman–Crippen MR) is 253 cm³/mol. The van der Waals surface area contributed by atoms with E-state index in [1.807, 2.05) is 72.1 Å². The molecule has 0 bridgehead atoms. The zero-order chi connectivity index (χ0) is 47.7. The summed E-state index contributed by atoms with van der Waals surface area (Å²) in [7, 11) is -2.18. The number of allylic oxidation sites excluding steroid dienone is 1. The third-order valence-electron chi connectivity index (χ3n) is 12.9. The maximum Gasteiger partial charge on any atom is 0.330 e. The molecule has 1 aromatic carbocycles. The van der Waals surface area contributed by atoms with Crippen LogP contribution in [-0.4, -0.2) is 136 Å². The second-order valence-corrected chi connectivity index (χ2v) is 22.2. The van der Waals surface area contributed by atoms with Gasteiger partial charge < -0.3 is 40.7 Å². The van der Waals surface area contributed by atoms with Gasteiger partial charge in [0, 0.05) is 73.0 Å². The first-order valence-electron chi connectivity index (χ1n) is 22.9. The Kier molecular flexibility index (Phi) is 14.6. The van der Waals surface area contributed by atoms with Gasteiger partial charge in [0.2, 0.25) is 11.8 Å². The van der Waals surface area contributed by atoms with Crippen LogP contribution in [0.3, 0.4) is 0 Å². The molecular formula is C46H65N9O9S2. The van der Waals surface area contributed by atoms with Crippen LogP contribution in [0, 0.1) is 11.3 Å². The number of thiazole rings is 1. The third-order valence-corrected chi connectivity index (χ3v) is 15.8. The van der Waals surface area contributed by atoms with Gasteiger partial charge in [0.15, 0.2) is 5.13 Å². The average Bonchev–Trinajstić information content (AvgIpc) is 3.50. The number of nitrogens with one attached hydrogen (secondary N) is 4. The minimum atomic E-state index is -3.75. The highest BCUT2D eigenvalue weighted by molar-refractivity contribution is 7.87. The van der Waals surface area contributed by atoms with Crippen molar-refractivity contribution in [1.82, 2.24) is 39.4 Å². The lowest BCUT2D eigenvalue weighted by molar-refractivity contribution is -0.145. The molecule has 7 rings (SSSR count). The Bertz CT molecular complexity index is 2440. The molecule has 3 aromatic rings. The first-order valence-corrected chi connectivity index (χ1v) is 25.2. The van der Waals surface area contributed by atoms with Gasteiger partial charge in [-0.2, -0.15) is 17.0 Å². The quantitative estimate of drug-likeness (QED) is 0.145. The lowest BCUT2D eigenvalue weighted by atomic mass is 9.86. The predicted octanol–water partition coefficient (Wildman–Crippen LogP) is 5.37. The SMILES string of the molecule is COc1ccc2c(O[C@@H]3C[C@H]4C(=O)N[C@]5(C(=O)O)CC5/C=C\CCCCC[C@H](NC(=O)NC(CN5CCN(C(C)C)S5(=O)=O)C(C)(C)C)C(=O)N4C3)cc(-c3csc(NC(C)C)n3)nc2c1. The summed E-state index contributed by atoms with van der Waals surface area (Å²) in [5.41, 5.74) is -0.342. The molecule has 4 amide bonds. The number of hydrogen-bond acceptors (Lipinski definition) is 12. The van der Waals surface area contributed by atoms with E-state index in [1.165, 1.54) is 24.8 Å². The lowest BCUT2D eigenvalue weighted by Gasteiger charge is -2.35. The van der Waals surface area contributed by atoms with Crippen LogP contribution in [0.1, 0.15) is 93.4 Å². The topological polar surface area (TPSA) is 225 Å². The Balaban J connectivity index is 1.18.